The molecule has 22 heavy (non-hydrogen) atoms. The number of carboxylic acid groups (broad SMARTS) is 1. The van der Waals surface area contributed by atoms with Crippen molar-refractivity contribution >= 4 is 23.8 Å². The Balaban J connectivity index is 2.08. The molecule has 5 nitrogen and oxygen atoms in total. The zero-order valence-electron chi connectivity index (χ0n) is 12.8. The molecule has 2 rings (SSSR count). The van der Waals surface area contributed by atoms with Crippen molar-refractivity contribution in [3.05, 3.63) is 35.9 Å². The quantitative estimate of drug-likeness (QED) is 0.922. The molecule has 1 aliphatic heterocycles. The minimum atomic E-state index is -1.20. The number of carbonyl (C=O) groups excluding carboxylic acids is 1. The summed E-state index contributed by atoms with van der Waals surface area (Å²) in [7, 11) is 1.52. The molecule has 6 heteroatoms. The molecule has 2 unspecified atom stereocenters. The van der Waals surface area contributed by atoms with E-state index in [0.717, 1.165) is 17.7 Å². The van der Waals surface area contributed by atoms with Crippen molar-refractivity contribution < 1.29 is 19.4 Å². The molecule has 0 aromatic heterocycles. The number of likely N-dealkylation sites (N-methyl/N-ethyl adjacent to an activating group) is 1. The van der Waals surface area contributed by atoms with Crippen LogP contribution in [0.3, 0.4) is 0 Å². The fourth-order valence-corrected chi connectivity index (χ4v) is 4.10. The highest BCUT2D eigenvalue weighted by atomic mass is 32.2. The van der Waals surface area contributed by atoms with Crippen LogP contribution in [0.15, 0.2) is 30.3 Å². The Bertz CT molecular complexity index is 536. The molecule has 1 aromatic rings. The summed E-state index contributed by atoms with van der Waals surface area (Å²) in [6, 6.07) is 9.34. The highest BCUT2D eigenvalue weighted by Gasteiger charge is 2.51. The van der Waals surface area contributed by atoms with Gasteiger partial charge in [0.25, 0.3) is 0 Å². The van der Waals surface area contributed by atoms with Gasteiger partial charge in [-0.05, 0) is 24.2 Å². The summed E-state index contributed by atoms with van der Waals surface area (Å²) < 4.78 is 5.28. The van der Waals surface area contributed by atoms with Gasteiger partial charge in [-0.25, -0.2) is 9.59 Å². The number of hydrogen-bond donors (Lipinski definition) is 1. The normalized spacial score (nSPS) is 24.5. The van der Waals surface area contributed by atoms with E-state index in [2.05, 4.69) is 0 Å². The van der Waals surface area contributed by atoms with Crippen LogP contribution < -0.4 is 0 Å². The van der Waals surface area contributed by atoms with Crippen LogP contribution in [0, 0.1) is 0 Å². The molecular weight excluding hydrogens is 302 g/mol. The van der Waals surface area contributed by atoms with Crippen LogP contribution >= 0.6 is 11.8 Å². The molecule has 1 amide bonds. The average Bonchev–Trinajstić information content (AvgIpc) is 2.53. The summed E-state index contributed by atoms with van der Waals surface area (Å²) in [5.41, 5.74) is -0.323. The Morgan fingerprint density at radius 3 is 2.68 bits per heavy atom. The molecule has 1 N–H and O–H groups in total. The second kappa shape index (κ2) is 7.05. The lowest BCUT2D eigenvalue weighted by atomic mass is 9.88. The average molecular weight is 323 g/mol. The van der Waals surface area contributed by atoms with Crippen molar-refractivity contribution in [1.82, 2.24) is 4.90 Å². The van der Waals surface area contributed by atoms with Crippen LogP contribution in [-0.4, -0.2) is 45.7 Å². The van der Waals surface area contributed by atoms with E-state index in [1.807, 2.05) is 37.3 Å². The van der Waals surface area contributed by atoms with Crippen LogP contribution in [-0.2, 0) is 16.1 Å². The van der Waals surface area contributed by atoms with E-state index in [4.69, 9.17) is 4.74 Å². The smallest absolute Gasteiger partial charge is 0.410 e. The standard InChI is InChI=1S/C16H21NO4S/c1-12-16(14(18)19,9-6-10-22-12)17(2)15(20)21-11-13-7-4-3-5-8-13/h3-5,7-8,12H,6,9-11H2,1-2H3,(H,18,19). The minimum Gasteiger partial charge on any atom is -0.479 e. The van der Waals surface area contributed by atoms with Crippen molar-refractivity contribution in [2.45, 2.75) is 37.2 Å². The molecule has 0 saturated carbocycles. The maximum absolute atomic E-state index is 12.3. The predicted molar refractivity (Wildman–Crippen MR) is 85.9 cm³/mol. The van der Waals surface area contributed by atoms with Crippen molar-refractivity contribution in [3.8, 4) is 0 Å². The summed E-state index contributed by atoms with van der Waals surface area (Å²) in [4.78, 5) is 25.4. The molecule has 2 atom stereocenters. The van der Waals surface area contributed by atoms with Crippen LogP contribution in [0.2, 0.25) is 0 Å². The number of rotatable bonds is 4. The summed E-state index contributed by atoms with van der Waals surface area (Å²) >= 11 is 1.58. The first-order valence-corrected chi connectivity index (χ1v) is 8.33. The van der Waals surface area contributed by atoms with Gasteiger partial charge in [0.15, 0.2) is 5.54 Å². The van der Waals surface area contributed by atoms with Crippen molar-refractivity contribution in [3.63, 3.8) is 0 Å². The fraction of sp³-hybridized carbons (Fsp3) is 0.500. The zero-order chi connectivity index (χ0) is 16.2. The molecule has 0 aliphatic carbocycles. The number of aliphatic carboxylic acids is 1. The van der Waals surface area contributed by atoms with E-state index < -0.39 is 17.6 Å². The lowest BCUT2D eigenvalue weighted by Crippen LogP contribution is -2.62. The Kier molecular flexibility index (Phi) is 5.34. The predicted octanol–water partition coefficient (Wildman–Crippen LogP) is 2.99. The van der Waals surface area contributed by atoms with E-state index in [0.29, 0.717) is 6.42 Å². The molecule has 1 aliphatic rings. The number of carbonyl (C=O) groups is 2. The number of thioether (sulfide) groups is 1. The molecule has 0 spiro atoms. The number of hydrogen-bond acceptors (Lipinski definition) is 4. The number of nitrogens with zero attached hydrogens (tertiary/aromatic N) is 1. The second-order valence-corrected chi connectivity index (χ2v) is 6.89. The van der Waals surface area contributed by atoms with Gasteiger partial charge in [-0.15, -0.1) is 0 Å². The number of ether oxygens (including phenoxy) is 1. The Morgan fingerprint density at radius 2 is 2.09 bits per heavy atom. The van der Waals surface area contributed by atoms with Crippen LogP contribution in [0.4, 0.5) is 4.79 Å². The summed E-state index contributed by atoms with van der Waals surface area (Å²) in [5.74, 6) is -0.0466. The molecular formula is C16H21NO4S. The SMILES string of the molecule is CC1SCCCC1(C(=O)O)N(C)C(=O)OCc1ccccc1. The van der Waals surface area contributed by atoms with Crippen LogP contribution in [0.25, 0.3) is 0 Å². The monoisotopic (exact) mass is 323 g/mol. The molecule has 0 bridgehead atoms. The van der Waals surface area contributed by atoms with Gasteiger partial charge >= 0.3 is 12.1 Å². The lowest BCUT2D eigenvalue weighted by molar-refractivity contribution is -0.150. The molecule has 1 saturated heterocycles. The highest BCUT2D eigenvalue weighted by molar-refractivity contribution is 8.00. The highest BCUT2D eigenvalue weighted by Crippen LogP contribution is 2.38. The van der Waals surface area contributed by atoms with Gasteiger partial charge in [0.2, 0.25) is 0 Å². The van der Waals surface area contributed by atoms with Crippen molar-refractivity contribution in [2.24, 2.45) is 0 Å². The second-order valence-electron chi connectivity index (χ2n) is 5.45. The van der Waals surface area contributed by atoms with E-state index in [-0.39, 0.29) is 11.9 Å². The lowest BCUT2D eigenvalue weighted by Gasteiger charge is -2.44. The first-order valence-electron chi connectivity index (χ1n) is 7.28. The Morgan fingerprint density at radius 1 is 1.41 bits per heavy atom. The number of benzene rings is 1. The van der Waals surface area contributed by atoms with Crippen LogP contribution in [0.5, 0.6) is 0 Å². The molecule has 0 radical (unpaired) electrons. The molecule has 1 fully saturated rings. The van der Waals surface area contributed by atoms with E-state index >= 15 is 0 Å². The maximum Gasteiger partial charge on any atom is 0.410 e. The first-order chi connectivity index (χ1) is 10.5. The van der Waals surface area contributed by atoms with Gasteiger partial charge < -0.3 is 9.84 Å². The van der Waals surface area contributed by atoms with Gasteiger partial charge in [0.1, 0.15) is 6.61 Å². The summed E-state index contributed by atoms with van der Waals surface area (Å²) in [6.45, 7) is 2.00. The third-order valence-corrected chi connectivity index (χ3v) is 5.60. The van der Waals surface area contributed by atoms with Crippen molar-refractivity contribution in [2.75, 3.05) is 12.8 Å². The van der Waals surface area contributed by atoms with Gasteiger partial charge in [-0.2, -0.15) is 11.8 Å². The van der Waals surface area contributed by atoms with Crippen LogP contribution in [0.1, 0.15) is 25.3 Å². The third kappa shape index (κ3) is 3.21. The van der Waals surface area contributed by atoms with E-state index in [9.17, 15) is 14.7 Å². The topological polar surface area (TPSA) is 66.8 Å². The van der Waals surface area contributed by atoms with E-state index in [1.165, 1.54) is 11.9 Å². The molecule has 1 aromatic carbocycles. The van der Waals surface area contributed by atoms with Gasteiger partial charge in [0.05, 0.1) is 0 Å². The zero-order valence-corrected chi connectivity index (χ0v) is 13.6. The van der Waals surface area contributed by atoms with Gasteiger partial charge in [-0.1, -0.05) is 37.3 Å². The Hall–Kier alpha value is -1.69. The largest absolute Gasteiger partial charge is 0.479 e. The van der Waals surface area contributed by atoms with Gasteiger partial charge in [0, 0.05) is 12.3 Å². The summed E-state index contributed by atoms with van der Waals surface area (Å²) in [6.07, 6.45) is 0.631. The van der Waals surface area contributed by atoms with E-state index in [1.54, 1.807) is 11.8 Å². The minimum absolute atomic E-state index is 0.140. The number of carboxylic acids is 1. The third-order valence-electron chi connectivity index (χ3n) is 4.19. The Labute approximate surface area is 134 Å². The fourth-order valence-electron chi connectivity index (χ4n) is 2.79. The van der Waals surface area contributed by atoms with Gasteiger partial charge in [-0.3, -0.25) is 4.90 Å². The molecule has 120 valence electrons. The maximum atomic E-state index is 12.3. The van der Waals surface area contributed by atoms with Crippen molar-refractivity contribution in [1.29, 1.82) is 0 Å². The molecule has 1 heterocycles. The first kappa shape index (κ1) is 16.7. The number of amides is 1. The summed E-state index contributed by atoms with van der Waals surface area (Å²) in [5, 5.41) is 9.53.